The van der Waals surface area contributed by atoms with E-state index in [1.807, 2.05) is 0 Å². The van der Waals surface area contributed by atoms with E-state index in [1.165, 1.54) is 0 Å². The van der Waals surface area contributed by atoms with Gasteiger partial charge in [-0.1, -0.05) is 31.2 Å². The van der Waals surface area contributed by atoms with Crippen molar-refractivity contribution in [3.63, 3.8) is 0 Å². The first-order chi connectivity index (χ1) is 5.89. The molecule has 0 bridgehead atoms. The predicted molar refractivity (Wildman–Crippen MR) is 47.7 cm³/mol. The van der Waals surface area contributed by atoms with Gasteiger partial charge in [-0.05, 0) is 5.92 Å². The SMILES string of the molecule is CC1C=CC=C1.[CH-]=O.[CH-]=O.[CH-]=O.[W]. The molecule has 0 N–H and O–H groups in total. The van der Waals surface area contributed by atoms with Crippen LogP contribution in [0.4, 0.5) is 0 Å². The number of carbonyl (C=O) groups excluding carboxylic acids is 3. The van der Waals surface area contributed by atoms with E-state index in [1.54, 1.807) is 0 Å². The van der Waals surface area contributed by atoms with Crippen LogP contribution in [0.3, 0.4) is 0 Å². The molecule has 1 rings (SSSR count). The minimum atomic E-state index is 0. The summed E-state index contributed by atoms with van der Waals surface area (Å²) in [4.78, 5) is 23.2. The van der Waals surface area contributed by atoms with Gasteiger partial charge in [-0.15, -0.1) is 0 Å². The molecule has 0 heterocycles. The van der Waals surface area contributed by atoms with Crippen molar-refractivity contribution in [3.8, 4) is 0 Å². The van der Waals surface area contributed by atoms with Gasteiger partial charge in [-0.25, -0.2) is 0 Å². The number of rotatable bonds is 0. The fourth-order valence-corrected chi connectivity index (χ4v) is 0.543. The Morgan fingerprint density at radius 3 is 1.15 bits per heavy atom. The summed E-state index contributed by atoms with van der Waals surface area (Å²) in [7, 11) is 0. The van der Waals surface area contributed by atoms with Crippen LogP contribution in [-0.2, 0) is 35.4 Å². The molecule has 0 aromatic rings. The van der Waals surface area contributed by atoms with E-state index >= 15 is 0 Å². The van der Waals surface area contributed by atoms with Crippen LogP contribution in [0.15, 0.2) is 24.3 Å². The molecule has 0 radical (unpaired) electrons. The summed E-state index contributed by atoms with van der Waals surface area (Å²) in [6, 6.07) is 0. The normalized spacial score (nSPS) is 10.2. The van der Waals surface area contributed by atoms with Crippen LogP contribution in [0.1, 0.15) is 6.92 Å². The topological polar surface area (TPSA) is 51.2 Å². The molecule has 0 atom stereocenters. The van der Waals surface area contributed by atoms with Crippen molar-refractivity contribution in [2.24, 2.45) is 5.92 Å². The van der Waals surface area contributed by atoms with Gasteiger partial charge in [-0.3, -0.25) is 20.4 Å². The smallest absolute Gasteiger partial charge is 0 e. The minimum absolute atomic E-state index is 0. The van der Waals surface area contributed by atoms with Gasteiger partial charge in [-0.2, -0.15) is 0 Å². The summed E-state index contributed by atoms with van der Waals surface area (Å²) in [6.45, 7) is 11.9. The Kier molecular flexibility index (Phi) is 53.1. The van der Waals surface area contributed by atoms with E-state index in [-0.39, 0.29) is 21.1 Å². The van der Waals surface area contributed by atoms with Crippen LogP contribution < -0.4 is 0 Å². The van der Waals surface area contributed by atoms with Crippen molar-refractivity contribution in [2.45, 2.75) is 6.92 Å². The summed E-state index contributed by atoms with van der Waals surface area (Å²) >= 11 is 0. The second kappa shape index (κ2) is 30.3. The largest absolute Gasteiger partial charge is 0.545 e. The van der Waals surface area contributed by atoms with Crippen molar-refractivity contribution in [3.05, 3.63) is 24.3 Å². The quantitative estimate of drug-likeness (QED) is 0.482. The zero-order valence-corrected chi connectivity index (χ0v) is 10.2. The Morgan fingerprint density at radius 1 is 0.846 bits per heavy atom. The van der Waals surface area contributed by atoms with Gasteiger partial charge >= 0.3 is 0 Å². The molecule has 0 aromatic heterocycles. The van der Waals surface area contributed by atoms with E-state index < -0.39 is 0 Å². The summed E-state index contributed by atoms with van der Waals surface area (Å²) in [5, 5.41) is 0. The summed E-state index contributed by atoms with van der Waals surface area (Å²) in [6.07, 6.45) is 8.48. The molecule has 0 spiro atoms. The average Bonchev–Trinajstić information content (AvgIpc) is 2.66. The van der Waals surface area contributed by atoms with E-state index in [2.05, 4.69) is 51.6 Å². The first-order valence-electron chi connectivity index (χ1n) is 2.95. The Hall–Kier alpha value is -0.822. The van der Waals surface area contributed by atoms with Crippen molar-refractivity contribution >= 4 is 20.4 Å². The molecule has 1 aliphatic rings. The zero-order valence-electron chi connectivity index (χ0n) is 7.25. The molecular formula is C9H11O3W-3. The minimum Gasteiger partial charge on any atom is -0.545 e. The van der Waals surface area contributed by atoms with Gasteiger partial charge < -0.3 is 14.4 Å². The van der Waals surface area contributed by atoms with Crippen molar-refractivity contribution < 1.29 is 35.4 Å². The molecule has 0 fully saturated rings. The maximum Gasteiger partial charge on any atom is 0 e. The first kappa shape index (κ1) is 22.8. The maximum absolute atomic E-state index is 7.75. The molecule has 74 valence electrons. The van der Waals surface area contributed by atoms with Crippen LogP contribution in [0.5, 0.6) is 0 Å². The van der Waals surface area contributed by atoms with Crippen LogP contribution in [0.2, 0.25) is 0 Å². The maximum atomic E-state index is 7.75. The van der Waals surface area contributed by atoms with Crippen LogP contribution in [0.25, 0.3) is 0 Å². The Morgan fingerprint density at radius 2 is 1.08 bits per heavy atom. The van der Waals surface area contributed by atoms with Gasteiger partial charge in [0.1, 0.15) is 0 Å². The number of hydrogen-bond acceptors (Lipinski definition) is 3. The van der Waals surface area contributed by atoms with Crippen molar-refractivity contribution in [1.29, 1.82) is 0 Å². The second-order valence-corrected chi connectivity index (χ2v) is 1.63. The standard InChI is InChI=1S/C6H8.3CHO.W/c1-6-4-2-3-5-6;3*1-2;/h2-6H,1H3;3*1H;/q;3*-1;. The molecule has 0 aromatic carbocycles. The van der Waals surface area contributed by atoms with Gasteiger partial charge in [0.15, 0.2) is 0 Å². The molecule has 0 aliphatic heterocycles. The van der Waals surface area contributed by atoms with Gasteiger partial charge in [0.2, 0.25) is 0 Å². The molecule has 0 saturated carbocycles. The summed E-state index contributed by atoms with van der Waals surface area (Å²) in [5.41, 5.74) is 0. The van der Waals surface area contributed by atoms with E-state index in [4.69, 9.17) is 14.4 Å². The van der Waals surface area contributed by atoms with Crippen LogP contribution >= 0.6 is 0 Å². The third-order valence-electron chi connectivity index (χ3n) is 0.940. The Balaban J connectivity index is -0.0000000508. The third kappa shape index (κ3) is 24.7. The molecule has 13 heavy (non-hydrogen) atoms. The van der Waals surface area contributed by atoms with Crippen LogP contribution in [-0.4, -0.2) is 20.4 Å². The second-order valence-electron chi connectivity index (χ2n) is 1.63. The molecule has 0 saturated heterocycles. The Labute approximate surface area is 93.2 Å². The van der Waals surface area contributed by atoms with Crippen LogP contribution in [0, 0.1) is 5.92 Å². The molecule has 0 unspecified atom stereocenters. The number of hydrogen-bond donors (Lipinski definition) is 0. The molecule has 4 heteroatoms. The van der Waals surface area contributed by atoms with Gasteiger partial charge in [0, 0.05) is 21.1 Å². The van der Waals surface area contributed by atoms with E-state index in [0.29, 0.717) is 5.92 Å². The average molecular weight is 351 g/mol. The predicted octanol–water partition coefficient (Wildman–Crippen LogP) is 0.924. The fraction of sp³-hybridized carbons (Fsp3) is 0.222. The monoisotopic (exact) mass is 351 g/mol. The van der Waals surface area contributed by atoms with Crippen molar-refractivity contribution in [2.75, 3.05) is 0 Å². The molecule has 0 amide bonds. The molecular weight excluding hydrogens is 340 g/mol. The molecule has 1 aliphatic carbocycles. The number of allylic oxidation sites excluding steroid dienone is 4. The van der Waals surface area contributed by atoms with E-state index in [9.17, 15) is 0 Å². The van der Waals surface area contributed by atoms with Gasteiger partial charge in [0.25, 0.3) is 0 Å². The first-order valence-corrected chi connectivity index (χ1v) is 2.95. The zero-order chi connectivity index (χ0) is 10.4. The van der Waals surface area contributed by atoms with Gasteiger partial charge in [0.05, 0.1) is 0 Å². The summed E-state index contributed by atoms with van der Waals surface area (Å²) < 4.78 is 0. The third-order valence-corrected chi connectivity index (χ3v) is 0.940. The van der Waals surface area contributed by atoms with Crippen molar-refractivity contribution in [1.82, 2.24) is 0 Å². The summed E-state index contributed by atoms with van der Waals surface area (Å²) in [5.74, 6) is 0.685. The fourth-order valence-electron chi connectivity index (χ4n) is 0.543. The Bertz CT molecular complexity index is 118. The van der Waals surface area contributed by atoms with E-state index in [0.717, 1.165) is 0 Å². The molecule has 3 nitrogen and oxygen atoms in total.